The minimum atomic E-state index is -0.245. The lowest BCUT2D eigenvalue weighted by molar-refractivity contribution is -0.141. The zero-order valence-electron chi connectivity index (χ0n) is 28.0. The Kier molecular flexibility index (Phi) is 7.50. The number of pyridine rings is 1. The van der Waals surface area contributed by atoms with E-state index in [0.717, 1.165) is 76.6 Å². The molecule has 8 rings (SSSR count). The Bertz CT molecular complexity index is 1370. The molecule has 1 amide bonds. The molecule has 0 bridgehead atoms. The Hall–Kier alpha value is -2.22. The number of aromatic nitrogens is 1. The van der Waals surface area contributed by atoms with E-state index in [0.29, 0.717) is 30.2 Å². The van der Waals surface area contributed by atoms with Gasteiger partial charge in [-0.25, -0.2) is 4.98 Å². The number of amides is 1. The molecule has 3 saturated heterocycles. The van der Waals surface area contributed by atoms with Crippen molar-refractivity contribution in [1.82, 2.24) is 14.8 Å². The fraction of sp³-hybridized carbons (Fsp3) is 0.737. The van der Waals surface area contributed by atoms with Crippen LogP contribution in [0.25, 0.3) is 0 Å². The molecule has 1 spiro atoms. The van der Waals surface area contributed by atoms with Gasteiger partial charge in [-0.3, -0.25) is 9.69 Å². The maximum Gasteiger partial charge on any atom is 0.237 e. The molecule has 1 aromatic heterocycles. The fourth-order valence-corrected chi connectivity index (χ4v) is 11.6. The smallest absolute Gasteiger partial charge is 0.237 e. The molecule has 0 aromatic carbocycles. The highest BCUT2D eigenvalue weighted by Crippen LogP contribution is 2.65. The van der Waals surface area contributed by atoms with Crippen LogP contribution in [0.1, 0.15) is 79.1 Å². The topological polar surface area (TPSA) is 69.1 Å². The van der Waals surface area contributed by atoms with Gasteiger partial charge in [0.15, 0.2) is 0 Å². The van der Waals surface area contributed by atoms with Crippen molar-refractivity contribution in [2.45, 2.75) is 103 Å². The standard InChI is InChI=1S/C38H54N4O3/c1-24-19-33-36(42(22-24)35(44)23-40-15-17-41(18-16-40)34-7-5-6-14-39-34)26(3)38(45-33)13-11-29-30-9-8-27-20-28(43)10-12-37(27,4)32(30)21-31(29)25(38)2/h5-8,14,24,26,28-30,32-33,36,43H,9-13,15-23H2,1-4H3/t24-,26+,28-,29-,30-,32-,33+,36-,37-,38-/m0/s1. The maximum absolute atomic E-state index is 14.1. The van der Waals surface area contributed by atoms with Crippen molar-refractivity contribution < 1.29 is 14.6 Å². The average molecular weight is 615 g/mol. The third-order valence-electron chi connectivity index (χ3n) is 14.0. The molecule has 7 heteroatoms. The number of ether oxygens (including phenoxy) is 1. The van der Waals surface area contributed by atoms with E-state index in [1.165, 1.54) is 30.4 Å². The molecule has 0 unspecified atom stereocenters. The van der Waals surface area contributed by atoms with Gasteiger partial charge in [-0.05, 0) is 105 Å². The summed E-state index contributed by atoms with van der Waals surface area (Å²) in [6.07, 6.45) is 13.0. The summed E-state index contributed by atoms with van der Waals surface area (Å²) in [7, 11) is 0. The molecule has 4 aliphatic carbocycles. The van der Waals surface area contributed by atoms with Crippen LogP contribution in [-0.4, -0.2) is 88.9 Å². The minimum absolute atomic E-state index is 0.120. The van der Waals surface area contributed by atoms with Gasteiger partial charge in [-0.1, -0.05) is 44.1 Å². The number of fused-ring (bicyclic) bond motifs is 6. The van der Waals surface area contributed by atoms with Crippen molar-refractivity contribution >= 4 is 11.7 Å². The Labute approximate surface area is 270 Å². The van der Waals surface area contributed by atoms with Crippen LogP contribution in [0.5, 0.6) is 0 Å². The van der Waals surface area contributed by atoms with Crippen molar-refractivity contribution in [3.05, 3.63) is 47.2 Å². The largest absolute Gasteiger partial charge is 0.393 e. The number of nitrogens with zero attached hydrogens (tertiary/aromatic N) is 4. The Balaban J connectivity index is 0.997. The molecule has 4 heterocycles. The highest BCUT2D eigenvalue weighted by molar-refractivity contribution is 5.79. The van der Waals surface area contributed by atoms with Gasteiger partial charge in [0.1, 0.15) is 5.82 Å². The number of allylic oxidation sites excluding steroid dienone is 2. The molecule has 1 aromatic rings. The molecule has 1 N–H and O–H groups in total. The van der Waals surface area contributed by atoms with Gasteiger partial charge in [-0.2, -0.15) is 0 Å². The van der Waals surface area contributed by atoms with E-state index in [-0.39, 0.29) is 35.2 Å². The van der Waals surface area contributed by atoms with Crippen LogP contribution in [0.3, 0.4) is 0 Å². The SMILES string of the molecule is CC1=C2C[C@H]3[C@@H](CC=C4C[C@@H](O)CC[C@@]43C)[C@@H]2CC[C@]12O[C@@H]1C[C@H](C)CN(C(=O)CN3CCN(c4ccccn4)CC3)[C@H]1[C@H]2C. The number of hydrogen-bond acceptors (Lipinski definition) is 6. The number of piperidine rings is 1. The number of aliphatic hydroxyl groups excluding tert-OH is 1. The summed E-state index contributed by atoms with van der Waals surface area (Å²) in [6.45, 7) is 14.6. The fourth-order valence-electron chi connectivity index (χ4n) is 11.6. The number of carbonyl (C=O) groups excluding carboxylic acids is 1. The van der Waals surface area contributed by atoms with Crippen molar-refractivity contribution in [3.63, 3.8) is 0 Å². The summed E-state index contributed by atoms with van der Waals surface area (Å²) in [6, 6.07) is 6.24. The summed E-state index contributed by atoms with van der Waals surface area (Å²) in [5.41, 5.74) is 4.73. The van der Waals surface area contributed by atoms with E-state index >= 15 is 0 Å². The van der Waals surface area contributed by atoms with Gasteiger partial charge >= 0.3 is 0 Å². The molecule has 3 aliphatic heterocycles. The van der Waals surface area contributed by atoms with Crippen LogP contribution in [-0.2, 0) is 9.53 Å². The van der Waals surface area contributed by atoms with E-state index in [1.54, 1.807) is 5.57 Å². The summed E-state index contributed by atoms with van der Waals surface area (Å²) < 4.78 is 7.30. The van der Waals surface area contributed by atoms with Crippen molar-refractivity contribution in [1.29, 1.82) is 0 Å². The Morgan fingerprint density at radius 1 is 1.11 bits per heavy atom. The average Bonchev–Trinajstić information content (AvgIpc) is 3.56. The van der Waals surface area contributed by atoms with Gasteiger partial charge in [0.2, 0.25) is 5.91 Å². The Morgan fingerprint density at radius 3 is 2.71 bits per heavy atom. The van der Waals surface area contributed by atoms with Crippen LogP contribution in [0.4, 0.5) is 5.82 Å². The molecule has 10 atom stereocenters. The van der Waals surface area contributed by atoms with E-state index in [4.69, 9.17) is 4.74 Å². The van der Waals surface area contributed by atoms with Gasteiger partial charge < -0.3 is 19.6 Å². The maximum atomic E-state index is 14.1. The molecule has 244 valence electrons. The quantitative estimate of drug-likeness (QED) is 0.457. The first-order chi connectivity index (χ1) is 21.7. The van der Waals surface area contributed by atoms with Crippen LogP contribution in [0, 0.1) is 35.0 Å². The zero-order chi connectivity index (χ0) is 31.1. The van der Waals surface area contributed by atoms with Crippen LogP contribution in [0.2, 0.25) is 0 Å². The predicted octanol–water partition coefficient (Wildman–Crippen LogP) is 5.46. The van der Waals surface area contributed by atoms with E-state index in [2.05, 4.69) is 59.5 Å². The number of likely N-dealkylation sites (tertiary alicyclic amines) is 1. The van der Waals surface area contributed by atoms with E-state index < -0.39 is 0 Å². The van der Waals surface area contributed by atoms with Crippen LogP contribution >= 0.6 is 0 Å². The second-order valence-electron chi connectivity index (χ2n) is 16.2. The third kappa shape index (κ3) is 4.77. The monoisotopic (exact) mass is 614 g/mol. The van der Waals surface area contributed by atoms with Gasteiger partial charge in [-0.15, -0.1) is 0 Å². The zero-order valence-corrected chi connectivity index (χ0v) is 28.0. The normalized spacial score (nSPS) is 43.1. The summed E-state index contributed by atoms with van der Waals surface area (Å²) in [4.78, 5) is 25.6. The van der Waals surface area contributed by atoms with E-state index in [9.17, 15) is 9.90 Å². The molecule has 0 radical (unpaired) electrons. The number of aliphatic hydroxyl groups is 1. The van der Waals surface area contributed by atoms with Crippen molar-refractivity contribution in [2.75, 3.05) is 44.2 Å². The first kappa shape index (κ1) is 30.1. The molecule has 45 heavy (non-hydrogen) atoms. The lowest BCUT2D eigenvalue weighted by Crippen LogP contribution is -2.57. The van der Waals surface area contributed by atoms with Crippen LogP contribution < -0.4 is 4.90 Å². The number of rotatable bonds is 3. The number of piperazine rings is 1. The first-order valence-electron chi connectivity index (χ1n) is 18.1. The van der Waals surface area contributed by atoms with Crippen LogP contribution in [0.15, 0.2) is 47.2 Å². The molecule has 2 saturated carbocycles. The number of hydrogen-bond donors (Lipinski definition) is 1. The third-order valence-corrected chi connectivity index (χ3v) is 14.0. The van der Waals surface area contributed by atoms with Crippen molar-refractivity contribution in [2.24, 2.45) is 35.0 Å². The molecule has 7 aliphatic rings. The number of anilines is 1. The highest BCUT2D eigenvalue weighted by atomic mass is 16.5. The second-order valence-corrected chi connectivity index (χ2v) is 16.2. The molecular formula is C38H54N4O3. The van der Waals surface area contributed by atoms with E-state index in [1.807, 2.05) is 18.3 Å². The lowest BCUT2D eigenvalue weighted by atomic mass is 9.56. The summed E-state index contributed by atoms with van der Waals surface area (Å²) >= 11 is 0. The molecule has 5 fully saturated rings. The predicted molar refractivity (Wildman–Crippen MR) is 177 cm³/mol. The number of carbonyl (C=O) groups is 1. The van der Waals surface area contributed by atoms with Crippen molar-refractivity contribution in [3.8, 4) is 0 Å². The first-order valence-corrected chi connectivity index (χ1v) is 18.1. The highest BCUT2D eigenvalue weighted by Gasteiger charge is 2.62. The summed E-state index contributed by atoms with van der Waals surface area (Å²) in [5.74, 6) is 4.14. The molecule has 7 nitrogen and oxygen atoms in total. The molecular weight excluding hydrogens is 560 g/mol. The summed E-state index contributed by atoms with van der Waals surface area (Å²) in [5, 5.41) is 10.4. The lowest BCUT2D eigenvalue weighted by Gasteiger charge is -2.49. The van der Waals surface area contributed by atoms with Gasteiger partial charge in [0, 0.05) is 44.8 Å². The Morgan fingerprint density at radius 2 is 1.93 bits per heavy atom. The minimum Gasteiger partial charge on any atom is -0.393 e. The second kappa shape index (κ2) is 11.2. The van der Waals surface area contributed by atoms with Gasteiger partial charge in [0.05, 0.1) is 30.4 Å². The van der Waals surface area contributed by atoms with Gasteiger partial charge in [0.25, 0.3) is 0 Å².